The molecule has 2 amide bonds. The number of likely N-dealkylation sites (tertiary alicyclic amines) is 1. The minimum atomic E-state index is -0.310. The van der Waals surface area contributed by atoms with Crippen LogP contribution in [0.4, 0.5) is 4.39 Å². The number of hydrogen-bond donors (Lipinski definition) is 1. The largest absolute Gasteiger partial charge is 0.352 e. The third kappa shape index (κ3) is 5.87. The van der Waals surface area contributed by atoms with E-state index in [-0.39, 0.29) is 24.2 Å². The number of aryl methyl sites for hydroxylation is 1. The van der Waals surface area contributed by atoms with Gasteiger partial charge in [-0.1, -0.05) is 18.2 Å². The highest BCUT2D eigenvalue weighted by molar-refractivity contribution is 5.76. The number of carbonyl (C=O) groups is 2. The van der Waals surface area contributed by atoms with Gasteiger partial charge in [-0.2, -0.15) is 5.10 Å². The second-order valence-electron chi connectivity index (χ2n) is 7.16. The average molecular weight is 387 g/mol. The molecule has 1 aliphatic heterocycles. The first kappa shape index (κ1) is 20.0. The molecule has 1 unspecified atom stereocenters. The second-order valence-corrected chi connectivity index (χ2v) is 7.16. The number of nitrogens with one attached hydrogen (secondary N) is 1. The summed E-state index contributed by atoms with van der Waals surface area (Å²) in [7, 11) is 0. The molecular weight excluding hydrogens is 361 g/mol. The maximum absolute atomic E-state index is 13.6. The summed E-state index contributed by atoms with van der Waals surface area (Å²) in [5.74, 6) is 0.0421. The van der Waals surface area contributed by atoms with Crippen LogP contribution in [-0.4, -0.2) is 44.6 Å². The highest BCUT2D eigenvalue weighted by Crippen LogP contribution is 2.21. The van der Waals surface area contributed by atoms with Gasteiger partial charge in [-0.25, -0.2) is 9.37 Å². The zero-order chi connectivity index (χ0) is 19.8. The molecule has 0 aliphatic carbocycles. The zero-order valence-corrected chi connectivity index (χ0v) is 15.9. The molecule has 1 N–H and O–H groups in total. The van der Waals surface area contributed by atoms with Crippen molar-refractivity contribution in [3.63, 3.8) is 0 Å². The summed E-state index contributed by atoms with van der Waals surface area (Å²) >= 11 is 0. The summed E-state index contributed by atoms with van der Waals surface area (Å²) in [4.78, 5) is 30.3. The van der Waals surface area contributed by atoms with Crippen molar-refractivity contribution >= 4 is 11.8 Å². The molecule has 1 atom stereocenters. The lowest BCUT2D eigenvalue weighted by atomic mass is 9.93. The Morgan fingerprint density at radius 1 is 1.25 bits per heavy atom. The van der Waals surface area contributed by atoms with Crippen molar-refractivity contribution in [2.45, 2.75) is 45.2 Å². The summed E-state index contributed by atoms with van der Waals surface area (Å²) in [5, 5.41) is 6.78. The van der Waals surface area contributed by atoms with Gasteiger partial charge in [0.05, 0.1) is 6.54 Å². The maximum atomic E-state index is 13.6. The number of benzene rings is 1. The Bertz CT molecular complexity index is 781. The van der Waals surface area contributed by atoms with Crippen molar-refractivity contribution in [1.29, 1.82) is 0 Å². The topological polar surface area (TPSA) is 80.1 Å². The lowest BCUT2D eigenvalue weighted by Crippen LogP contribution is -2.40. The fourth-order valence-corrected chi connectivity index (χ4v) is 3.50. The van der Waals surface area contributed by atoms with E-state index < -0.39 is 0 Å². The molecule has 0 radical (unpaired) electrons. The van der Waals surface area contributed by atoms with Gasteiger partial charge >= 0.3 is 0 Å². The highest BCUT2D eigenvalue weighted by Gasteiger charge is 2.24. The third-order valence-corrected chi connectivity index (χ3v) is 5.11. The Morgan fingerprint density at radius 2 is 2.11 bits per heavy atom. The molecule has 3 rings (SSSR count). The summed E-state index contributed by atoms with van der Waals surface area (Å²) in [6, 6.07) is 6.43. The first-order valence-corrected chi connectivity index (χ1v) is 9.72. The number of carbonyl (C=O) groups excluding carboxylic acids is 2. The molecule has 28 heavy (non-hydrogen) atoms. The van der Waals surface area contributed by atoms with Crippen molar-refractivity contribution in [3.05, 3.63) is 48.3 Å². The lowest BCUT2D eigenvalue weighted by molar-refractivity contribution is -0.133. The molecule has 7 nitrogen and oxygen atoms in total. The molecule has 1 aliphatic rings. The van der Waals surface area contributed by atoms with Crippen LogP contribution in [0.15, 0.2) is 36.9 Å². The molecule has 0 bridgehead atoms. The molecule has 1 aromatic carbocycles. The Morgan fingerprint density at radius 3 is 2.89 bits per heavy atom. The Kier molecular flexibility index (Phi) is 7.11. The molecule has 1 saturated heterocycles. The predicted molar refractivity (Wildman–Crippen MR) is 101 cm³/mol. The number of amides is 2. The van der Waals surface area contributed by atoms with E-state index in [9.17, 15) is 14.0 Å². The monoisotopic (exact) mass is 387 g/mol. The van der Waals surface area contributed by atoms with Crippen molar-refractivity contribution < 1.29 is 14.0 Å². The van der Waals surface area contributed by atoms with Crippen LogP contribution in [-0.2, 0) is 22.7 Å². The number of nitrogens with zero attached hydrogens (tertiary/aromatic N) is 4. The van der Waals surface area contributed by atoms with Crippen molar-refractivity contribution in [2.24, 2.45) is 5.92 Å². The zero-order valence-electron chi connectivity index (χ0n) is 15.9. The average Bonchev–Trinajstić information content (AvgIpc) is 3.24. The van der Waals surface area contributed by atoms with Gasteiger partial charge in [0.25, 0.3) is 0 Å². The second kappa shape index (κ2) is 9.96. The first-order chi connectivity index (χ1) is 13.6. The highest BCUT2D eigenvalue weighted by atomic mass is 19.1. The van der Waals surface area contributed by atoms with Gasteiger partial charge in [-0.05, 0) is 31.2 Å². The third-order valence-electron chi connectivity index (χ3n) is 5.11. The molecule has 150 valence electrons. The molecule has 2 aromatic rings. The van der Waals surface area contributed by atoms with E-state index in [0.717, 1.165) is 25.8 Å². The van der Waals surface area contributed by atoms with Crippen LogP contribution >= 0.6 is 0 Å². The quantitative estimate of drug-likeness (QED) is 0.753. The normalized spacial score (nSPS) is 16.8. The van der Waals surface area contributed by atoms with Gasteiger partial charge in [0.2, 0.25) is 11.8 Å². The van der Waals surface area contributed by atoms with E-state index in [1.165, 1.54) is 12.4 Å². The lowest BCUT2D eigenvalue weighted by Gasteiger charge is -2.33. The number of halogens is 1. The predicted octanol–water partition coefficient (Wildman–Crippen LogP) is 2.14. The van der Waals surface area contributed by atoms with Crippen LogP contribution in [0.2, 0.25) is 0 Å². The van der Waals surface area contributed by atoms with Gasteiger partial charge in [0, 0.05) is 38.0 Å². The van der Waals surface area contributed by atoms with Gasteiger partial charge in [-0.15, -0.1) is 0 Å². The summed E-state index contributed by atoms with van der Waals surface area (Å²) < 4.78 is 15.2. The van der Waals surface area contributed by atoms with Crippen LogP contribution in [0.3, 0.4) is 0 Å². The van der Waals surface area contributed by atoms with Gasteiger partial charge in [0.15, 0.2) is 0 Å². The van der Waals surface area contributed by atoms with E-state index in [4.69, 9.17) is 0 Å². The molecule has 2 heterocycles. The molecule has 8 heteroatoms. The van der Waals surface area contributed by atoms with E-state index >= 15 is 0 Å². The number of piperidine rings is 1. The van der Waals surface area contributed by atoms with Gasteiger partial charge in [-0.3, -0.25) is 14.3 Å². The van der Waals surface area contributed by atoms with Crippen molar-refractivity contribution in [1.82, 2.24) is 25.0 Å². The van der Waals surface area contributed by atoms with Gasteiger partial charge < -0.3 is 10.2 Å². The molecule has 1 fully saturated rings. The maximum Gasteiger partial charge on any atom is 0.224 e. The van der Waals surface area contributed by atoms with Crippen LogP contribution in [0.5, 0.6) is 0 Å². The minimum Gasteiger partial charge on any atom is -0.352 e. The SMILES string of the molecule is O=C(CCC1CCCN(C(=O)CCn2cncn2)C1)NCc1ccccc1F. The Labute approximate surface area is 163 Å². The fourth-order valence-electron chi connectivity index (χ4n) is 3.50. The van der Waals surface area contributed by atoms with E-state index in [0.29, 0.717) is 37.4 Å². The first-order valence-electron chi connectivity index (χ1n) is 9.72. The summed E-state index contributed by atoms with van der Waals surface area (Å²) in [6.45, 7) is 2.18. The summed E-state index contributed by atoms with van der Waals surface area (Å²) in [6.07, 6.45) is 6.56. The van der Waals surface area contributed by atoms with Crippen LogP contribution in [0.25, 0.3) is 0 Å². The molecule has 0 saturated carbocycles. The number of rotatable bonds is 8. The van der Waals surface area contributed by atoms with E-state index in [1.807, 2.05) is 4.90 Å². The van der Waals surface area contributed by atoms with Crippen LogP contribution in [0, 0.1) is 11.7 Å². The van der Waals surface area contributed by atoms with Crippen LogP contribution in [0.1, 0.15) is 37.7 Å². The number of hydrogen-bond acceptors (Lipinski definition) is 4. The smallest absolute Gasteiger partial charge is 0.224 e. The molecule has 1 aromatic heterocycles. The minimum absolute atomic E-state index is 0.0853. The fraction of sp³-hybridized carbons (Fsp3) is 0.500. The van der Waals surface area contributed by atoms with Gasteiger partial charge in [0.1, 0.15) is 18.5 Å². The summed E-state index contributed by atoms with van der Waals surface area (Å²) in [5.41, 5.74) is 0.484. The van der Waals surface area contributed by atoms with E-state index in [2.05, 4.69) is 15.4 Å². The number of aromatic nitrogens is 3. The molecular formula is C20H26FN5O2. The van der Waals surface area contributed by atoms with Crippen molar-refractivity contribution in [3.8, 4) is 0 Å². The Hall–Kier alpha value is -2.77. The van der Waals surface area contributed by atoms with E-state index in [1.54, 1.807) is 29.2 Å². The standard InChI is InChI=1S/C20H26FN5O2/c21-18-6-2-1-5-17(18)12-23-19(27)8-7-16-4-3-10-25(13-16)20(28)9-11-26-15-22-14-24-26/h1-2,5-6,14-16H,3-4,7-13H2,(H,23,27). The molecule has 0 spiro atoms. The Balaban J connectivity index is 1.37. The van der Waals surface area contributed by atoms with Crippen molar-refractivity contribution in [2.75, 3.05) is 13.1 Å². The van der Waals surface area contributed by atoms with Crippen LogP contribution < -0.4 is 5.32 Å².